The first-order valence-corrected chi connectivity index (χ1v) is 9.54. The van der Waals surface area contributed by atoms with E-state index < -0.39 is 5.97 Å². The molecule has 0 spiro atoms. The molecule has 0 unspecified atom stereocenters. The Hall–Kier alpha value is -4.12. The van der Waals surface area contributed by atoms with Crippen molar-refractivity contribution in [2.75, 3.05) is 20.3 Å². The van der Waals surface area contributed by atoms with Gasteiger partial charge in [-0.05, 0) is 55.3 Å². The van der Waals surface area contributed by atoms with Gasteiger partial charge in [0.25, 0.3) is 5.56 Å². The van der Waals surface area contributed by atoms with Crippen molar-refractivity contribution in [1.82, 2.24) is 9.97 Å². The van der Waals surface area contributed by atoms with E-state index in [1.807, 2.05) is 13.0 Å². The van der Waals surface area contributed by atoms with Gasteiger partial charge in [-0.15, -0.1) is 0 Å². The molecule has 0 saturated carbocycles. The monoisotopic (exact) mass is 419 g/mol. The van der Waals surface area contributed by atoms with Gasteiger partial charge in [-0.2, -0.15) is 5.26 Å². The SMILES string of the molecule is CCOC(=O)COc1ccc(/C=C(\C#N)c2nc3cc(C)ccc3c(=O)[nH]2)cc1OC. The molecule has 2 aromatic carbocycles. The maximum Gasteiger partial charge on any atom is 0.344 e. The van der Waals surface area contributed by atoms with Crippen LogP contribution in [-0.4, -0.2) is 36.3 Å². The summed E-state index contributed by atoms with van der Waals surface area (Å²) in [4.78, 5) is 31.0. The first kappa shape index (κ1) is 21.6. The topological polar surface area (TPSA) is 114 Å². The number of aromatic amines is 1. The van der Waals surface area contributed by atoms with E-state index in [0.717, 1.165) is 5.56 Å². The van der Waals surface area contributed by atoms with Gasteiger partial charge < -0.3 is 19.2 Å². The number of aryl methyl sites for hydroxylation is 1. The van der Waals surface area contributed by atoms with Crippen molar-refractivity contribution >= 4 is 28.5 Å². The number of ether oxygens (including phenoxy) is 3. The number of rotatable bonds is 7. The van der Waals surface area contributed by atoms with Crippen LogP contribution in [0.5, 0.6) is 11.5 Å². The fraction of sp³-hybridized carbons (Fsp3) is 0.217. The van der Waals surface area contributed by atoms with E-state index in [1.165, 1.54) is 7.11 Å². The lowest BCUT2D eigenvalue weighted by Gasteiger charge is -2.11. The zero-order valence-electron chi connectivity index (χ0n) is 17.4. The van der Waals surface area contributed by atoms with Crippen molar-refractivity contribution < 1.29 is 19.0 Å². The van der Waals surface area contributed by atoms with Gasteiger partial charge in [-0.3, -0.25) is 4.79 Å². The zero-order chi connectivity index (χ0) is 22.4. The molecular formula is C23H21N3O5. The molecule has 0 atom stereocenters. The second-order valence-corrected chi connectivity index (χ2v) is 6.61. The van der Waals surface area contributed by atoms with Crippen LogP contribution in [0.2, 0.25) is 0 Å². The molecule has 8 heteroatoms. The molecule has 3 aromatic rings. The van der Waals surface area contributed by atoms with Crippen molar-refractivity contribution in [3.8, 4) is 17.6 Å². The molecule has 0 aliphatic heterocycles. The number of carbonyl (C=O) groups is 1. The number of carbonyl (C=O) groups excluding carboxylic acids is 1. The average Bonchev–Trinajstić information content (AvgIpc) is 2.76. The Morgan fingerprint density at radius 1 is 1.23 bits per heavy atom. The molecule has 0 saturated heterocycles. The molecule has 0 amide bonds. The van der Waals surface area contributed by atoms with Crippen molar-refractivity contribution in [2.24, 2.45) is 0 Å². The molecule has 31 heavy (non-hydrogen) atoms. The Balaban J connectivity index is 1.94. The first-order chi connectivity index (χ1) is 14.9. The summed E-state index contributed by atoms with van der Waals surface area (Å²) in [6.45, 7) is 3.64. The number of nitrogens with one attached hydrogen (secondary N) is 1. The molecule has 8 nitrogen and oxygen atoms in total. The highest BCUT2D eigenvalue weighted by Crippen LogP contribution is 2.29. The highest BCUT2D eigenvalue weighted by molar-refractivity contribution is 5.89. The molecule has 0 aliphatic carbocycles. The fourth-order valence-electron chi connectivity index (χ4n) is 2.93. The number of esters is 1. The molecule has 3 rings (SSSR count). The van der Waals surface area contributed by atoms with E-state index in [1.54, 1.807) is 43.3 Å². The summed E-state index contributed by atoms with van der Waals surface area (Å²) in [6, 6.07) is 12.4. The van der Waals surface area contributed by atoms with Gasteiger partial charge in [-0.1, -0.05) is 12.1 Å². The third kappa shape index (κ3) is 5.08. The fourth-order valence-corrected chi connectivity index (χ4v) is 2.93. The van der Waals surface area contributed by atoms with E-state index in [0.29, 0.717) is 28.0 Å². The maximum atomic E-state index is 12.4. The molecule has 1 heterocycles. The standard InChI is InChI=1S/C23H21N3O5/c1-4-30-21(27)13-31-19-8-6-15(11-20(19)29-3)10-16(12-24)22-25-18-9-14(2)5-7-17(18)23(28)26-22/h5-11H,4,13H2,1-3H3,(H,25,26,28)/b16-10+. The van der Waals surface area contributed by atoms with Gasteiger partial charge >= 0.3 is 5.97 Å². The number of benzene rings is 2. The summed E-state index contributed by atoms with van der Waals surface area (Å²) >= 11 is 0. The van der Waals surface area contributed by atoms with Crippen molar-refractivity contribution in [3.05, 3.63) is 63.7 Å². The largest absolute Gasteiger partial charge is 0.493 e. The van der Waals surface area contributed by atoms with Crippen molar-refractivity contribution in [1.29, 1.82) is 5.26 Å². The zero-order valence-corrected chi connectivity index (χ0v) is 17.4. The van der Waals surface area contributed by atoms with E-state index in [2.05, 4.69) is 16.0 Å². The van der Waals surface area contributed by atoms with Crippen LogP contribution < -0.4 is 15.0 Å². The summed E-state index contributed by atoms with van der Waals surface area (Å²) in [5.41, 5.74) is 1.97. The number of nitriles is 1. The second-order valence-electron chi connectivity index (χ2n) is 6.61. The van der Waals surface area contributed by atoms with E-state index >= 15 is 0 Å². The smallest absolute Gasteiger partial charge is 0.344 e. The molecule has 158 valence electrons. The summed E-state index contributed by atoms with van der Waals surface area (Å²) in [5.74, 6) is 0.430. The van der Waals surface area contributed by atoms with Crippen LogP contribution in [0.15, 0.2) is 41.2 Å². The summed E-state index contributed by atoms with van der Waals surface area (Å²) in [6.07, 6.45) is 1.58. The minimum atomic E-state index is -0.484. The average molecular weight is 419 g/mol. The predicted octanol–water partition coefficient (Wildman–Crippen LogP) is 3.25. The summed E-state index contributed by atoms with van der Waals surface area (Å²) in [5, 5.41) is 10.1. The molecule has 0 fully saturated rings. The number of fused-ring (bicyclic) bond motifs is 1. The molecule has 1 aromatic heterocycles. The number of hydrogen-bond donors (Lipinski definition) is 1. The third-order valence-corrected chi connectivity index (χ3v) is 4.39. The maximum absolute atomic E-state index is 12.4. The normalized spacial score (nSPS) is 11.1. The van der Waals surface area contributed by atoms with Crippen molar-refractivity contribution in [3.63, 3.8) is 0 Å². The Bertz CT molecular complexity index is 1250. The van der Waals surface area contributed by atoms with Gasteiger partial charge in [-0.25, -0.2) is 9.78 Å². The number of nitrogens with zero attached hydrogens (tertiary/aromatic N) is 2. The summed E-state index contributed by atoms with van der Waals surface area (Å²) < 4.78 is 15.6. The van der Waals surface area contributed by atoms with Gasteiger partial charge in [0.05, 0.1) is 30.2 Å². The van der Waals surface area contributed by atoms with Crippen LogP contribution >= 0.6 is 0 Å². The molecule has 0 radical (unpaired) electrons. The lowest BCUT2D eigenvalue weighted by molar-refractivity contribution is -0.145. The number of H-pyrrole nitrogens is 1. The molecular weight excluding hydrogens is 398 g/mol. The highest BCUT2D eigenvalue weighted by Gasteiger charge is 2.12. The minimum absolute atomic E-state index is 0.173. The van der Waals surface area contributed by atoms with Crippen LogP contribution in [0.1, 0.15) is 23.9 Å². The van der Waals surface area contributed by atoms with Crippen molar-refractivity contribution in [2.45, 2.75) is 13.8 Å². The highest BCUT2D eigenvalue weighted by atomic mass is 16.6. The second kappa shape index (κ2) is 9.59. The van der Waals surface area contributed by atoms with Gasteiger partial charge in [0.2, 0.25) is 0 Å². The first-order valence-electron chi connectivity index (χ1n) is 9.54. The molecule has 0 bridgehead atoms. The van der Waals surface area contributed by atoms with Gasteiger partial charge in [0, 0.05) is 0 Å². The van der Waals surface area contributed by atoms with E-state index in [9.17, 15) is 14.9 Å². The van der Waals surface area contributed by atoms with E-state index in [-0.39, 0.29) is 30.2 Å². The minimum Gasteiger partial charge on any atom is -0.493 e. The molecule has 1 N–H and O–H groups in total. The third-order valence-electron chi connectivity index (χ3n) is 4.39. The van der Waals surface area contributed by atoms with Crippen LogP contribution in [0.4, 0.5) is 0 Å². The van der Waals surface area contributed by atoms with Gasteiger partial charge in [0.1, 0.15) is 6.07 Å². The Morgan fingerprint density at radius 2 is 2.03 bits per heavy atom. The number of methoxy groups -OCH3 is 1. The van der Waals surface area contributed by atoms with Crippen LogP contribution in [-0.2, 0) is 9.53 Å². The lowest BCUT2D eigenvalue weighted by atomic mass is 10.1. The molecule has 0 aliphatic rings. The number of allylic oxidation sites excluding steroid dienone is 1. The van der Waals surface area contributed by atoms with Crippen LogP contribution in [0.25, 0.3) is 22.6 Å². The lowest BCUT2D eigenvalue weighted by Crippen LogP contribution is -2.14. The quantitative estimate of drug-likeness (QED) is 0.462. The summed E-state index contributed by atoms with van der Waals surface area (Å²) in [7, 11) is 1.47. The number of aromatic nitrogens is 2. The van der Waals surface area contributed by atoms with Crippen LogP contribution in [0, 0.1) is 18.3 Å². The Labute approximate surface area is 178 Å². The van der Waals surface area contributed by atoms with E-state index in [4.69, 9.17) is 14.2 Å². The Morgan fingerprint density at radius 3 is 2.74 bits per heavy atom. The number of hydrogen-bond acceptors (Lipinski definition) is 7. The van der Waals surface area contributed by atoms with Crippen LogP contribution in [0.3, 0.4) is 0 Å². The van der Waals surface area contributed by atoms with Gasteiger partial charge in [0.15, 0.2) is 23.9 Å². The predicted molar refractivity (Wildman–Crippen MR) is 116 cm³/mol. The Kier molecular flexibility index (Phi) is 6.67.